The van der Waals surface area contributed by atoms with E-state index in [1.54, 1.807) is 49.4 Å². The Morgan fingerprint density at radius 1 is 1.19 bits per heavy atom. The number of esters is 1. The highest BCUT2D eigenvalue weighted by molar-refractivity contribution is 7.98. The lowest BCUT2D eigenvalue weighted by Gasteiger charge is -2.16. The maximum absolute atomic E-state index is 12.6. The van der Waals surface area contributed by atoms with E-state index in [2.05, 4.69) is 4.98 Å². The highest BCUT2D eigenvalue weighted by atomic mass is 35.5. The third-order valence-corrected chi connectivity index (χ3v) is 4.80. The van der Waals surface area contributed by atoms with Crippen molar-refractivity contribution in [1.82, 2.24) is 4.98 Å². The number of thioether (sulfide) groups is 1. The van der Waals surface area contributed by atoms with E-state index in [1.807, 2.05) is 6.26 Å². The number of nitrogens with zero attached hydrogens (tertiary/aromatic N) is 1. The molecule has 2 aromatic carbocycles. The zero-order valence-electron chi connectivity index (χ0n) is 14.1. The van der Waals surface area contributed by atoms with Gasteiger partial charge in [0.05, 0.1) is 17.1 Å². The molecule has 0 aliphatic carbocycles. The molecule has 0 aliphatic rings. The Morgan fingerprint density at radius 2 is 1.96 bits per heavy atom. The zero-order chi connectivity index (χ0) is 18.7. The molecule has 0 bridgehead atoms. The molecule has 0 saturated carbocycles. The number of hydrogen-bond donors (Lipinski definition) is 0. The topological polar surface area (TPSA) is 48.4 Å². The van der Waals surface area contributed by atoms with Crippen LogP contribution in [0.2, 0.25) is 10.0 Å². The maximum atomic E-state index is 12.6. The van der Waals surface area contributed by atoms with Gasteiger partial charge in [-0.25, -0.2) is 9.78 Å². The predicted molar refractivity (Wildman–Crippen MR) is 106 cm³/mol. The van der Waals surface area contributed by atoms with Gasteiger partial charge in [0.1, 0.15) is 16.3 Å². The average molecular weight is 408 g/mol. The second kappa shape index (κ2) is 8.16. The number of hydrogen-bond acceptors (Lipinski definition) is 5. The van der Waals surface area contributed by atoms with Crippen LogP contribution in [0.5, 0.6) is 11.5 Å². The summed E-state index contributed by atoms with van der Waals surface area (Å²) in [6.07, 6.45) is 1.83. The van der Waals surface area contributed by atoms with Crippen LogP contribution in [0.3, 0.4) is 0 Å². The smallest absolute Gasteiger partial charge is 0.344 e. The summed E-state index contributed by atoms with van der Waals surface area (Å²) in [7, 11) is 0. The van der Waals surface area contributed by atoms with Gasteiger partial charge in [0.15, 0.2) is 5.75 Å². The lowest BCUT2D eigenvalue weighted by molar-refractivity contribution is 0.0518. The number of benzene rings is 2. The van der Waals surface area contributed by atoms with Crippen molar-refractivity contribution in [3.05, 3.63) is 58.1 Å². The second-order valence-corrected chi connectivity index (χ2v) is 6.88. The van der Waals surface area contributed by atoms with Gasteiger partial charge in [0.2, 0.25) is 0 Å². The van der Waals surface area contributed by atoms with Gasteiger partial charge in [-0.05, 0) is 43.5 Å². The summed E-state index contributed by atoms with van der Waals surface area (Å²) in [5.41, 5.74) is 0.831. The van der Waals surface area contributed by atoms with Crippen molar-refractivity contribution in [2.75, 3.05) is 12.9 Å². The first-order valence-electron chi connectivity index (χ1n) is 7.82. The molecule has 4 nitrogen and oxygen atoms in total. The van der Waals surface area contributed by atoms with Crippen LogP contribution in [0.25, 0.3) is 10.9 Å². The minimum atomic E-state index is -0.497. The molecule has 1 heterocycles. The monoisotopic (exact) mass is 407 g/mol. The predicted octanol–water partition coefficient (Wildman–Crippen LogP) is 6.23. The Bertz CT molecular complexity index is 978. The number of carbonyl (C=O) groups is 1. The largest absolute Gasteiger partial charge is 0.462 e. The SMILES string of the molecule is CCOC(=O)c1c(SC)nc2c(Cl)cccc2c1Oc1cccc(Cl)c1. The Morgan fingerprint density at radius 3 is 2.65 bits per heavy atom. The number of pyridine rings is 1. The van der Waals surface area contributed by atoms with E-state index in [0.29, 0.717) is 37.5 Å². The van der Waals surface area contributed by atoms with Crippen molar-refractivity contribution in [3.63, 3.8) is 0 Å². The molecule has 0 radical (unpaired) electrons. The first-order valence-corrected chi connectivity index (χ1v) is 9.80. The summed E-state index contributed by atoms with van der Waals surface area (Å²) in [5.74, 6) is 0.355. The summed E-state index contributed by atoms with van der Waals surface area (Å²) in [6.45, 7) is 2.00. The van der Waals surface area contributed by atoms with E-state index in [4.69, 9.17) is 32.7 Å². The van der Waals surface area contributed by atoms with Crippen molar-refractivity contribution in [2.45, 2.75) is 11.9 Å². The zero-order valence-corrected chi connectivity index (χ0v) is 16.4. The maximum Gasteiger partial charge on any atom is 0.344 e. The van der Waals surface area contributed by atoms with E-state index in [0.717, 1.165) is 0 Å². The molecular weight excluding hydrogens is 393 g/mol. The summed E-state index contributed by atoms with van der Waals surface area (Å²) in [4.78, 5) is 17.2. The van der Waals surface area contributed by atoms with Crippen molar-refractivity contribution in [3.8, 4) is 11.5 Å². The Kier molecular flexibility index (Phi) is 5.91. The molecule has 0 fully saturated rings. The molecule has 134 valence electrons. The highest BCUT2D eigenvalue weighted by Gasteiger charge is 2.25. The number of ether oxygens (including phenoxy) is 2. The number of carbonyl (C=O) groups excluding carboxylic acids is 1. The Hall–Kier alpha value is -1.95. The van der Waals surface area contributed by atoms with Crippen LogP contribution in [0.4, 0.5) is 0 Å². The molecule has 0 saturated heterocycles. The van der Waals surface area contributed by atoms with Crippen molar-refractivity contribution >= 4 is 51.8 Å². The molecule has 0 atom stereocenters. The molecule has 0 spiro atoms. The fourth-order valence-electron chi connectivity index (χ4n) is 2.49. The van der Waals surface area contributed by atoms with E-state index >= 15 is 0 Å². The average Bonchev–Trinajstić information content (AvgIpc) is 2.62. The van der Waals surface area contributed by atoms with Crippen LogP contribution in [-0.4, -0.2) is 23.8 Å². The van der Waals surface area contributed by atoms with Crippen LogP contribution in [0.15, 0.2) is 47.5 Å². The molecule has 0 N–H and O–H groups in total. The number of aromatic nitrogens is 1. The Balaban J connectivity index is 2.29. The fourth-order valence-corrected chi connectivity index (χ4v) is 3.45. The fraction of sp³-hybridized carbons (Fsp3) is 0.158. The summed E-state index contributed by atoms with van der Waals surface area (Å²) in [5, 5.41) is 2.12. The minimum Gasteiger partial charge on any atom is -0.462 e. The van der Waals surface area contributed by atoms with Crippen molar-refractivity contribution in [2.24, 2.45) is 0 Å². The third-order valence-electron chi connectivity index (χ3n) is 3.57. The molecule has 3 aromatic rings. The van der Waals surface area contributed by atoms with E-state index in [-0.39, 0.29) is 12.2 Å². The molecular formula is C19H15Cl2NO3S. The lowest BCUT2D eigenvalue weighted by Crippen LogP contribution is -2.10. The van der Waals surface area contributed by atoms with Crippen LogP contribution in [-0.2, 0) is 4.74 Å². The molecule has 0 aliphatic heterocycles. The van der Waals surface area contributed by atoms with E-state index < -0.39 is 5.97 Å². The minimum absolute atomic E-state index is 0.247. The van der Waals surface area contributed by atoms with Gasteiger partial charge < -0.3 is 9.47 Å². The number of halogens is 2. The van der Waals surface area contributed by atoms with Gasteiger partial charge in [0, 0.05) is 10.4 Å². The standard InChI is InChI=1S/C19H15Cl2NO3S/c1-3-24-19(23)15-17(25-12-7-4-6-11(20)10-12)13-8-5-9-14(21)16(13)22-18(15)26-2/h4-10H,3H2,1-2H3. The molecule has 0 amide bonds. The van der Waals surface area contributed by atoms with Gasteiger partial charge in [-0.3, -0.25) is 0 Å². The first kappa shape index (κ1) is 18.8. The van der Waals surface area contributed by atoms with Crippen LogP contribution >= 0.6 is 35.0 Å². The molecule has 1 aromatic heterocycles. The number of para-hydroxylation sites is 1. The highest BCUT2D eigenvalue weighted by Crippen LogP contribution is 2.40. The van der Waals surface area contributed by atoms with Gasteiger partial charge >= 0.3 is 5.97 Å². The number of fused-ring (bicyclic) bond motifs is 1. The van der Waals surface area contributed by atoms with E-state index in [1.165, 1.54) is 11.8 Å². The molecule has 26 heavy (non-hydrogen) atoms. The number of rotatable bonds is 5. The summed E-state index contributed by atoms with van der Waals surface area (Å²) >= 11 is 13.7. The third kappa shape index (κ3) is 3.75. The summed E-state index contributed by atoms with van der Waals surface area (Å²) in [6, 6.07) is 12.3. The second-order valence-electron chi connectivity index (χ2n) is 5.24. The van der Waals surface area contributed by atoms with Crippen molar-refractivity contribution < 1.29 is 14.3 Å². The molecule has 0 unspecified atom stereocenters. The quantitative estimate of drug-likeness (QED) is 0.370. The van der Waals surface area contributed by atoms with Crippen LogP contribution < -0.4 is 4.74 Å². The Labute approximate surface area is 165 Å². The lowest BCUT2D eigenvalue weighted by atomic mass is 10.1. The van der Waals surface area contributed by atoms with Gasteiger partial charge in [-0.2, -0.15) is 0 Å². The van der Waals surface area contributed by atoms with Crippen molar-refractivity contribution in [1.29, 1.82) is 0 Å². The first-order chi connectivity index (χ1) is 12.5. The van der Waals surface area contributed by atoms with E-state index in [9.17, 15) is 4.79 Å². The van der Waals surface area contributed by atoms with Crippen LogP contribution in [0, 0.1) is 0 Å². The molecule has 7 heteroatoms. The van der Waals surface area contributed by atoms with Gasteiger partial charge in [0.25, 0.3) is 0 Å². The normalized spacial score (nSPS) is 10.8. The van der Waals surface area contributed by atoms with Gasteiger partial charge in [-0.15, -0.1) is 11.8 Å². The molecule has 3 rings (SSSR count). The van der Waals surface area contributed by atoms with Gasteiger partial charge in [-0.1, -0.05) is 35.3 Å². The summed E-state index contributed by atoms with van der Waals surface area (Å²) < 4.78 is 11.3. The van der Waals surface area contributed by atoms with Crippen LogP contribution in [0.1, 0.15) is 17.3 Å².